The first-order chi connectivity index (χ1) is 14.9. The zero-order valence-corrected chi connectivity index (χ0v) is 21.0. The minimum Gasteiger partial charge on any atom is -0.444 e. The van der Waals surface area contributed by atoms with Gasteiger partial charge < -0.3 is 20.3 Å². The van der Waals surface area contributed by atoms with Gasteiger partial charge >= 0.3 is 6.09 Å². The van der Waals surface area contributed by atoms with E-state index in [-0.39, 0.29) is 17.9 Å². The van der Waals surface area contributed by atoms with Crippen molar-refractivity contribution in [1.82, 2.24) is 15.5 Å². The number of amides is 3. The van der Waals surface area contributed by atoms with Gasteiger partial charge in [0.2, 0.25) is 11.8 Å². The largest absolute Gasteiger partial charge is 0.444 e. The van der Waals surface area contributed by atoms with E-state index in [0.717, 1.165) is 30.4 Å². The van der Waals surface area contributed by atoms with E-state index in [2.05, 4.69) is 17.6 Å². The minimum atomic E-state index is -0.841. The maximum absolute atomic E-state index is 13.5. The number of unbranched alkanes of at least 4 members (excludes halogenated alkanes) is 2. The van der Waals surface area contributed by atoms with Gasteiger partial charge in [-0.2, -0.15) is 0 Å². The molecule has 2 unspecified atom stereocenters. The molecule has 0 aliphatic rings. The molecule has 7 heteroatoms. The highest BCUT2D eigenvalue weighted by Crippen LogP contribution is 2.24. The van der Waals surface area contributed by atoms with Crippen molar-refractivity contribution in [2.24, 2.45) is 0 Å². The molecule has 32 heavy (non-hydrogen) atoms. The molecule has 0 bridgehead atoms. The third-order valence-electron chi connectivity index (χ3n) is 4.77. The predicted molar refractivity (Wildman–Crippen MR) is 127 cm³/mol. The van der Waals surface area contributed by atoms with E-state index in [0.29, 0.717) is 6.54 Å². The van der Waals surface area contributed by atoms with Gasteiger partial charge in [0.1, 0.15) is 17.7 Å². The van der Waals surface area contributed by atoms with Gasteiger partial charge in [-0.25, -0.2) is 4.79 Å². The van der Waals surface area contributed by atoms with Crippen LogP contribution in [0.2, 0.25) is 0 Å². The summed E-state index contributed by atoms with van der Waals surface area (Å²) in [5, 5.41) is 5.57. The van der Waals surface area contributed by atoms with Gasteiger partial charge in [0.15, 0.2) is 0 Å². The van der Waals surface area contributed by atoms with Crippen molar-refractivity contribution in [3.63, 3.8) is 0 Å². The number of hydrogen-bond acceptors (Lipinski definition) is 4. The molecule has 180 valence electrons. The molecule has 1 aromatic carbocycles. The zero-order chi connectivity index (χ0) is 24.5. The highest BCUT2D eigenvalue weighted by molar-refractivity contribution is 5.92. The first-order valence-corrected chi connectivity index (χ1v) is 11.5. The molecule has 0 spiro atoms. The lowest BCUT2D eigenvalue weighted by atomic mass is 10.0. The first kappa shape index (κ1) is 27.5. The third-order valence-corrected chi connectivity index (χ3v) is 4.77. The van der Waals surface area contributed by atoms with Crippen molar-refractivity contribution in [1.29, 1.82) is 0 Å². The summed E-state index contributed by atoms with van der Waals surface area (Å²) in [5.74, 6) is -0.561. The molecule has 1 rings (SSSR count). The number of alkyl carbamates (subject to hydrolysis) is 1. The van der Waals surface area contributed by atoms with E-state index >= 15 is 0 Å². The van der Waals surface area contributed by atoms with Crippen LogP contribution in [0.25, 0.3) is 0 Å². The maximum atomic E-state index is 13.5. The number of carbonyl (C=O) groups excluding carboxylic acids is 3. The van der Waals surface area contributed by atoms with Gasteiger partial charge in [-0.1, -0.05) is 49.6 Å². The number of hydrogen-bond donors (Lipinski definition) is 2. The molecule has 7 nitrogen and oxygen atoms in total. The van der Waals surface area contributed by atoms with Crippen molar-refractivity contribution in [3.05, 3.63) is 35.4 Å². The van der Waals surface area contributed by atoms with Crippen LogP contribution in [0.5, 0.6) is 0 Å². The summed E-state index contributed by atoms with van der Waals surface area (Å²) < 4.78 is 5.30. The molecule has 0 saturated heterocycles. The Morgan fingerprint density at radius 1 is 1.00 bits per heavy atom. The standard InChI is InChI=1S/C25H41N3O4/c1-9-10-11-16-28(23(30)19(5)27-24(31)32-25(6,7)8)21(22(29)26-17(2)3)20-14-12-18(4)13-15-20/h12-15,17,19,21H,9-11,16H2,1-8H3,(H,26,29)(H,27,31). The number of benzene rings is 1. The number of carbonyl (C=O) groups is 3. The summed E-state index contributed by atoms with van der Waals surface area (Å²) in [6.07, 6.45) is 2.02. The van der Waals surface area contributed by atoms with Gasteiger partial charge in [0.05, 0.1) is 0 Å². The summed E-state index contributed by atoms with van der Waals surface area (Å²) in [6, 6.07) is 5.93. The van der Waals surface area contributed by atoms with E-state index < -0.39 is 23.8 Å². The van der Waals surface area contributed by atoms with Gasteiger partial charge in [-0.05, 0) is 60.5 Å². The molecule has 2 N–H and O–H groups in total. The highest BCUT2D eigenvalue weighted by Gasteiger charge is 2.34. The summed E-state index contributed by atoms with van der Waals surface area (Å²) in [7, 11) is 0. The molecule has 2 atom stereocenters. The van der Waals surface area contributed by atoms with Crippen LogP contribution in [-0.4, -0.2) is 47.0 Å². The van der Waals surface area contributed by atoms with E-state index in [9.17, 15) is 14.4 Å². The lowest BCUT2D eigenvalue weighted by Crippen LogP contribution is -2.52. The molecule has 0 heterocycles. The van der Waals surface area contributed by atoms with Gasteiger partial charge in [-0.3, -0.25) is 9.59 Å². The predicted octanol–water partition coefficient (Wildman–Crippen LogP) is 4.49. The van der Waals surface area contributed by atoms with Crippen molar-refractivity contribution < 1.29 is 19.1 Å². The Balaban J connectivity index is 3.25. The average molecular weight is 448 g/mol. The third kappa shape index (κ3) is 9.28. The lowest BCUT2D eigenvalue weighted by molar-refractivity contribution is -0.142. The summed E-state index contributed by atoms with van der Waals surface area (Å²) >= 11 is 0. The molecule has 0 aliphatic carbocycles. The number of nitrogens with zero attached hydrogens (tertiary/aromatic N) is 1. The second-order valence-electron chi connectivity index (χ2n) is 9.58. The fraction of sp³-hybridized carbons (Fsp3) is 0.640. The van der Waals surface area contributed by atoms with Crippen molar-refractivity contribution >= 4 is 17.9 Å². The van der Waals surface area contributed by atoms with Crippen LogP contribution in [-0.2, 0) is 14.3 Å². The van der Waals surface area contributed by atoms with Crippen molar-refractivity contribution in [3.8, 4) is 0 Å². The fourth-order valence-corrected chi connectivity index (χ4v) is 3.28. The number of ether oxygens (including phenoxy) is 1. The minimum absolute atomic E-state index is 0.0691. The Bertz CT molecular complexity index is 753. The highest BCUT2D eigenvalue weighted by atomic mass is 16.6. The summed E-state index contributed by atoms with van der Waals surface area (Å²) in [6.45, 7) is 15.2. The second kappa shape index (κ2) is 12.5. The van der Waals surface area contributed by atoms with E-state index in [4.69, 9.17) is 4.74 Å². The molecule has 3 amide bonds. The van der Waals surface area contributed by atoms with E-state index in [1.807, 2.05) is 45.0 Å². The molecule has 0 aromatic heterocycles. The summed E-state index contributed by atoms with van der Waals surface area (Å²) in [4.78, 5) is 40.5. The molecular formula is C25H41N3O4. The second-order valence-corrected chi connectivity index (χ2v) is 9.58. The lowest BCUT2D eigenvalue weighted by Gasteiger charge is -2.34. The zero-order valence-electron chi connectivity index (χ0n) is 21.0. The Morgan fingerprint density at radius 3 is 2.09 bits per heavy atom. The SMILES string of the molecule is CCCCCN(C(=O)C(C)NC(=O)OC(C)(C)C)C(C(=O)NC(C)C)c1ccc(C)cc1. The Morgan fingerprint density at radius 2 is 1.59 bits per heavy atom. The molecule has 1 aromatic rings. The number of rotatable bonds is 10. The average Bonchev–Trinajstić information content (AvgIpc) is 2.65. The molecule has 0 aliphatic heterocycles. The van der Waals surface area contributed by atoms with E-state index in [1.54, 1.807) is 32.6 Å². The molecule has 0 saturated carbocycles. The van der Waals surface area contributed by atoms with E-state index in [1.165, 1.54) is 0 Å². The number of aryl methyl sites for hydroxylation is 1. The monoisotopic (exact) mass is 447 g/mol. The normalized spacial score (nSPS) is 13.3. The Hall–Kier alpha value is -2.57. The van der Waals surface area contributed by atoms with Crippen LogP contribution in [0.3, 0.4) is 0 Å². The molecule has 0 fully saturated rings. The van der Waals surface area contributed by atoms with Crippen molar-refractivity contribution in [2.75, 3.05) is 6.54 Å². The number of nitrogens with one attached hydrogen (secondary N) is 2. The maximum Gasteiger partial charge on any atom is 0.408 e. The van der Waals surface area contributed by atoms with Crippen molar-refractivity contribution in [2.45, 2.75) is 98.4 Å². The van der Waals surface area contributed by atoms with Crippen LogP contribution in [0.15, 0.2) is 24.3 Å². The Labute approximate surface area is 193 Å². The first-order valence-electron chi connectivity index (χ1n) is 11.5. The Kier molecular flexibility index (Phi) is 10.7. The summed E-state index contributed by atoms with van der Waals surface area (Å²) in [5.41, 5.74) is 1.14. The molecular weight excluding hydrogens is 406 g/mol. The van der Waals surface area contributed by atoms with Gasteiger partial charge in [0, 0.05) is 12.6 Å². The van der Waals surface area contributed by atoms with Crippen LogP contribution >= 0.6 is 0 Å². The quantitative estimate of drug-likeness (QED) is 0.517. The smallest absolute Gasteiger partial charge is 0.408 e. The van der Waals surface area contributed by atoms with Crippen LogP contribution in [0.1, 0.15) is 84.9 Å². The fourth-order valence-electron chi connectivity index (χ4n) is 3.28. The topological polar surface area (TPSA) is 87.7 Å². The van der Waals surface area contributed by atoms with Crippen LogP contribution < -0.4 is 10.6 Å². The van der Waals surface area contributed by atoms with Gasteiger partial charge in [-0.15, -0.1) is 0 Å². The van der Waals surface area contributed by atoms with Gasteiger partial charge in [0.25, 0.3) is 0 Å². The van der Waals surface area contributed by atoms with Crippen LogP contribution in [0.4, 0.5) is 4.79 Å². The van der Waals surface area contributed by atoms with Crippen LogP contribution in [0, 0.1) is 6.92 Å². The molecule has 0 radical (unpaired) electrons.